The van der Waals surface area contributed by atoms with Crippen LogP contribution in [0.5, 0.6) is 0 Å². The first kappa shape index (κ1) is 34.2. The Balaban J connectivity index is 1.47. The molecule has 0 bridgehead atoms. The van der Waals surface area contributed by atoms with E-state index in [2.05, 4.69) is 40.5 Å². The molecule has 0 saturated carbocycles. The van der Waals surface area contributed by atoms with Gasteiger partial charge in [0.25, 0.3) is 5.56 Å². The molecule has 7 rings (SSSR count). The van der Waals surface area contributed by atoms with Gasteiger partial charge in [0, 0.05) is 62.9 Å². The van der Waals surface area contributed by atoms with Crippen molar-refractivity contribution in [3.05, 3.63) is 71.0 Å². The zero-order valence-electron chi connectivity index (χ0n) is 30.6. The average molecular weight is 693 g/mol. The molecule has 0 radical (unpaired) electrons. The molecule has 5 aromatic heterocycles. The molecule has 0 aliphatic carbocycles. The van der Waals surface area contributed by atoms with Gasteiger partial charge >= 0.3 is 7.12 Å². The number of rotatable bonds is 9. The summed E-state index contributed by atoms with van der Waals surface area (Å²) in [6.07, 6.45) is 5.62. The fourth-order valence-electron chi connectivity index (χ4n) is 6.46. The molecule has 1 aromatic carbocycles. The molecular formula is C37H45BN6O5Si. The Labute approximate surface area is 293 Å². The van der Waals surface area contributed by atoms with E-state index in [1.807, 2.05) is 84.4 Å². The molecule has 0 N–H and O–H groups in total. The second-order valence-electron chi connectivity index (χ2n) is 15.6. The average Bonchev–Trinajstić information content (AvgIpc) is 3.81. The van der Waals surface area contributed by atoms with E-state index in [-0.39, 0.29) is 5.56 Å². The predicted octanol–water partition coefficient (Wildman–Crippen LogP) is 6.53. The lowest BCUT2D eigenvalue weighted by Gasteiger charge is -2.32. The van der Waals surface area contributed by atoms with Crippen LogP contribution in [0.15, 0.2) is 64.3 Å². The van der Waals surface area contributed by atoms with Crippen LogP contribution in [0.2, 0.25) is 25.7 Å². The predicted molar refractivity (Wildman–Crippen MR) is 200 cm³/mol. The Bertz CT molecular complexity index is 2280. The topological polar surface area (TPSA) is 111 Å². The lowest BCUT2D eigenvalue weighted by Crippen LogP contribution is -2.41. The zero-order chi connectivity index (χ0) is 35.7. The first-order chi connectivity index (χ1) is 23.5. The van der Waals surface area contributed by atoms with Crippen LogP contribution in [0.3, 0.4) is 0 Å². The molecule has 1 fully saturated rings. The molecule has 0 spiro atoms. The maximum absolute atomic E-state index is 14.3. The molecule has 6 heterocycles. The minimum Gasteiger partial charge on any atom is -0.399 e. The molecule has 1 aliphatic rings. The third kappa shape index (κ3) is 5.95. The van der Waals surface area contributed by atoms with Crippen LogP contribution >= 0.6 is 0 Å². The summed E-state index contributed by atoms with van der Waals surface area (Å²) in [5.74, 6) is 0.404. The molecule has 0 unspecified atom stereocenters. The van der Waals surface area contributed by atoms with Crippen LogP contribution in [0.1, 0.15) is 33.4 Å². The van der Waals surface area contributed by atoms with E-state index in [0.29, 0.717) is 35.9 Å². The number of nitrogens with zero attached hydrogens (tertiary/aromatic N) is 6. The summed E-state index contributed by atoms with van der Waals surface area (Å²) < 4.78 is 30.3. The largest absolute Gasteiger partial charge is 0.494 e. The number of aryl methyl sites for hydroxylation is 3. The van der Waals surface area contributed by atoms with Gasteiger partial charge in [0.15, 0.2) is 5.76 Å². The number of hydrogen-bond donors (Lipinski definition) is 0. The molecule has 11 nitrogen and oxygen atoms in total. The highest BCUT2D eigenvalue weighted by atomic mass is 28.3. The molecule has 260 valence electrons. The van der Waals surface area contributed by atoms with Gasteiger partial charge in [0.2, 0.25) is 0 Å². The summed E-state index contributed by atoms with van der Waals surface area (Å²) >= 11 is 0. The van der Waals surface area contributed by atoms with E-state index in [4.69, 9.17) is 23.6 Å². The molecule has 13 heteroatoms. The summed E-state index contributed by atoms with van der Waals surface area (Å²) in [7, 11) is 1.87. The van der Waals surface area contributed by atoms with E-state index < -0.39 is 26.4 Å². The Morgan fingerprint density at radius 2 is 1.64 bits per heavy atom. The maximum Gasteiger partial charge on any atom is 0.494 e. The molecule has 0 amide bonds. The van der Waals surface area contributed by atoms with Crippen molar-refractivity contribution in [3.63, 3.8) is 0 Å². The van der Waals surface area contributed by atoms with Crippen molar-refractivity contribution >= 4 is 42.6 Å². The SMILES string of the molecule is Cc1cc(-c2c(-c3ccc(B4OC(C)(C)C(C)(C)O4)cc3)c3c4cc(-c5cnn(C)c5)n(COCC[Si](C)(C)C)c4ncc3n(C)c2=O)on1. The summed E-state index contributed by atoms with van der Waals surface area (Å²) in [6, 6.07) is 13.0. The molecule has 50 heavy (non-hydrogen) atoms. The van der Waals surface area contributed by atoms with Crippen LogP contribution in [-0.4, -0.2) is 62.1 Å². The van der Waals surface area contributed by atoms with Crippen molar-refractivity contribution in [3.8, 4) is 33.7 Å². The Hall–Kier alpha value is -4.30. The van der Waals surface area contributed by atoms with Crippen LogP contribution in [0, 0.1) is 6.92 Å². The number of ether oxygens (including phenoxy) is 1. The van der Waals surface area contributed by atoms with Gasteiger partial charge in [-0.1, -0.05) is 49.1 Å². The summed E-state index contributed by atoms with van der Waals surface area (Å²) in [6.45, 7) is 18.1. The van der Waals surface area contributed by atoms with Gasteiger partial charge < -0.3 is 27.7 Å². The van der Waals surface area contributed by atoms with Crippen LogP contribution < -0.4 is 11.0 Å². The van der Waals surface area contributed by atoms with Gasteiger partial charge in [-0.05, 0) is 57.8 Å². The second kappa shape index (κ2) is 12.2. The van der Waals surface area contributed by atoms with Crippen molar-refractivity contribution in [1.29, 1.82) is 0 Å². The molecular weight excluding hydrogens is 647 g/mol. The number of pyridine rings is 2. The van der Waals surface area contributed by atoms with Crippen LogP contribution in [0.25, 0.3) is 55.6 Å². The lowest BCUT2D eigenvalue weighted by molar-refractivity contribution is 0.00578. The smallest absolute Gasteiger partial charge is 0.399 e. The third-order valence-electron chi connectivity index (χ3n) is 10.1. The number of fused-ring (bicyclic) bond motifs is 3. The van der Waals surface area contributed by atoms with Gasteiger partial charge in [-0.3, -0.25) is 9.48 Å². The minimum atomic E-state index is -1.29. The molecule has 6 aromatic rings. The first-order valence-corrected chi connectivity index (χ1v) is 20.8. The maximum atomic E-state index is 14.3. The third-order valence-corrected chi connectivity index (χ3v) is 11.8. The summed E-state index contributed by atoms with van der Waals surface area (Å²) in [5.41, 5.74) is 5.75. The van der Waals surface area contributed by atoms with E-state index in [9.17, 15) is 4.79 Å². The van der Waals surface area contributed by atoms with Gasteiger partial charge in [0.05, 0.1) is 46.1 Å². The number of aromatic nitrogens is 6. The summed E-state index contributed by atoms with van der Waals surface area (Å²) in [4.78, 5) is 19.2. The molecule has 0 atom stereocenters. The molecule has 1 aliphatic heterocycles. The number of hydrogen-bond acceptors (Lipinski definition) is 8. The van der Waals surface area contributed by atoms with E-state index >= 15 is 0 Å². The van der Waals surface area contributed by atoms with Crippen LogP contribution in [0.4, 0.5) is 0 Å². The van der Waals surface area contributed by atoms with Crippen LogP contribution in [-0.2, 0) is 34.9 Å². The van der Waals surface area contributed by atoms with Crippen molar-refractivity contribution in [2.45, 2.75) is 78.2 Å². The van der Waals surface area contributed by atoms with Crippen molar-refractivity contribution in [2.75, 3.05) is 6.61 Å². The highest BCUT2D eigenvalue weighted by molar-refractivity contribution is 6.76. The van der Waals surface area contributed by atoms with E-state index in [1.165, 1.54) is 0 Å². The fourth-order valence-corrected chi connectivity index (χ4v) is 7.21. The first-order valence-electron chi connectivity index (χ1n) is 17.1. The highest BCUT2D eigenvalue weighted by Crippen LogP contribution is 2.41. The van der Waals surface area contributed by atoms with E-state index in [0.717, 1.165) is 50.3 Å². The highest BCUT2D eigenvalue weighted by Gasteiger charge is 2.51. The zero-order valence-corrected chi connectivity index (χ0v) is 31.6. The lowest BCUT2D eigenvalue weighted by atomic mass is 9.78. The van der Waals surface area contributed by atoms with Gasteiger partial charge in [-0.2, -0.15) is 5.10 Å². The Morgan fingerprint density at radius 3 is 2.24 bits per heavy atom. The Kier molecular flexibility index (Phi) is 8.33. The van der Waals surface area contributed by atoms with Crippen molar-refractivity contribution in [2.24, 2.45) is 14.1 Å². The van der Waals surface area contributed by atoms with Crippen molar-refractivity contribution in [1.82, 2.24) is 29.1 Å². The van der Waals surface area contributed by atoms with Gasteiger partial charge in [0.1, 0.15) is 12.4 Å². The minimum absolute atomic E-state index is 0.207. The second-order valence-corrected chi connectivity index (χ2v) is 21.2. The summed E-state index contributed by atoms with van der Waals surface area (Å²) in [5, 5.41) is 10.4. The normalized spacial score (nSPS) is 15.9. The Morgan fingerprint density at radius 1 is 0.940 bits per heavy atom. The van der Waals surface area contributed by atoms with Gasteiger partial charge in [-0.25, -0.2) is 4.98 Å². The van der Waals surface area contributed by atoms with E-state index in [1.54, 1.807) is 22.5 Å². The fraction of sp³-hybridized carbons (Fsp3) is 0.405. The van der Waals surface area contributed by atoms with Crippen molar-refractivity contribution < 1.29 is 18.6 Å². The number of benzene rings is 1. The van der Waals surface area contributed by atoms with Gasteiger partial charge in [-0.15, -0.1) is 0 Å². The monoisotopic (exact) mass is 692 g/mol. The molecule has 1 saturated heterocycles. The quantitative estimate of drug-likeness (QED) is 0.124. The standard InChI is InChI=1S/C37H45BN6O5Si/c1-23-17-30(47-41-23)33-31(24-11-13-26(14-12-24)38-48-36(2,3)37(4,5)49-38)32-27-18-28(25-19-40-42(6)21-25)44(22-46-15-16-50(8,9)10)34(27)39-20-29(32)43(7)35(33)45/h11-14,17-21H,15-16,22H2,1-10H3.